The molecular weight excluding hydrogens is 813 g/mol. The van der Waals surface area contributed by atoms with E-state index in [0.717, 1.165) is 96.3 Å². The van der Waals surface area contributed by atoms with Gasteiger partial charge in [-0.15, -0.1) is 0 Å². The number of aliphatic hydroxyl groups excluding tert-OH is 1. The molecule has 0 radical (unpaired) electrons. The van der Waals surface area contributed by atoms with Crippen LogP contribution in [0.2, 0.25) is 0 Å². The van der Waals surface area contributed by atoms with Crippen molar-refractivity contribution in [3.8, 4) is 0 Å². The van der Waals surface area contributed by atoms with E-state index in [1.54, 1.807) is 0 Å². The summed E-state index contributed by atoms with van der Waals surface area (Å²) in [7, 11) is 0. The molecule has 1 unspecified atom stereocenters. The van der Waals surface area contributed by atoms with E-state index < -0.39 is 6.10 Å². The average Bonchev–Trinajstić information content (AvgIpc) is 3.32. The summed E-state index contributed by atoms with van der Waals surface area (Å²) in [5, 5.41) is 9.64. The monoisotopic (exact) mass is 917 g/mol. The number of rotatable bonds is 50. The number of unbranched alkanes of at least 4 members (excludes halogenated alkanes) is 26. The largest absolute Gasteiger partial charge is 0.462 e. The molecule has 0 amide bonds. The van der Waals surface area contributed by atoms with Crippen molar-refractivity contribution in [3.05, 3.63) is 97.2 Å². The van der Waals surface area contributed by atoms with Crippen LogP contribution in [-0.4, -0.2) is 36.4 Å². The van der Waals surface area contributed by atoms with Crippen LogP contribution in [0.3, 0.4) is 0 Å². The fourth-order valence-electron chi connectivity index (χ4n) is 7.77. The molecule has 0 aliphatic carbocycles. The van der Waals surface area contributed by atoms with Crippen molar-refractivity contribution < 1.29 is 24.2 Å². The highest BCUT2D eigenvalue weighted by atomic mass is 16.6. The van der Waals surface area contributed by atoms with Crippen LogP contribution in [0, 0.1) is 0 Å². The lowest BCUT2D eigenvalue weighted by Gasteiger charge is -2.15. The smallest absolute Gasteiger partial charge is 0.306 e. The van der Waals surface area contributed by atoms with Gasteiger partial charge in [-0.05, 0) is 89.9 Å². The zero-order valence-electron chi connectivity index (χ0n) is 43.2. The molecule has 5 heteroatoms. The summed E-state index contributed by atoms with van der Waals surface area (Å²) < 4.78 is 10.7. The zero-order chi connectivity index (χ0) is 47.7. The molecular formula is C61H104O5. The van der Waals surface area contributed by atoms with Crippen LogP contribution >= 0.6 is 0 Å². The van der Waals surface area contributed by atoms with Crippen molar-refractivity contribution in [3.63, 3.8) is 0 Å². The number of hydrogen-bond acceptors (Lipinski definition) is 5. The van der Waals surface area contributed by atoms with Gasteiger partial charge in [0.15, 0.2) is 6.10 Å². The Morgan fingerprint density at radius 2 is 0.606 bits per heavy atom. The maximum absolute atomic E-state index is 12.3. The Labute approximate surface area is 408 Å². The van der Waals surface area contributed by atoms with Crippen molar-refractivity contribution in [2.75, 3.05) is 13.2 Å². The third-order valence-electron chi connectivity index (χ3n) is 11.9. The van der Waals surface area contributed by atoms with Gasteiger partial charge in [0.1, 0.15) is 6.61 Å². The molecule has 0 aromatic rings. The number of esters is 2. The molecule has 0 heterocycles. The summed E-state index contributed by atoms with van der Waals surface area (Å²) in [6, 6.07) is 0. The van der Waals surface area contributed by atoms with E-state index >= 15 is 0 Å². The second kappa shape index (κ2) is 56.1. The number of hydrogen-bond donors (Lipinski definition) is 1. The molecule has 0 aliphatic rings. The van der Waals surface area contributed by atoms with Crippen LogP contribution in [0.25, 0.3) is 0 Å². The van der Waals surface area contributed by atoms with Gasteiger partial charge >= 0.3 is 11.9 Å². The molecule has 1 N–H and O–H groups in total. The van der Waals surface area contributed by atoms with Crippen molar-refractivity contribution in [2.45, 2.75) is 264 Å². The van der Waals surface area contributed by atoms with Gasteiger partial charge in [0.25, 0.3) is 0 Å². The third kappa shape index (κ3) is 53.4. The highest BCUT2D eigenvalue weighted by Crippen LogP contribution is 2.16. The van der Waals surface area contributed by atoms with Gasteiger partial charge in [-0.1, -0.05) is 252 Å². The molecule has 0 saturated heterocycles. The van der Waals surface area contributed by atoms with Gasteiger partial charge in [-0.25, -0.2) is 0 Å². The summed E-state index contributed by atoms with van der Waals surface area (Å²) in [6.07, 6.45) is 79.6. The van der Waals surface area contributed by atoms with E-state index in [1.165, 1.54) is 135 Å². The van der Waals surface area contributed by atoms with Crippen LogP contribution in [0.5, 0.6) is 0 Å². The Morgan fingerprint density at radius 3 is 0.909 bits per heavy atom. The molecule has 378 valence electrons. The average molecular weight is 917 g/mol. The molecule has 0 fully saturated rings. The predicted molar refractivity (Wildman–Crippen MR) is 288 cm³/mol. The second-order valence-electron chi connectivity index (χ2n) is 18.2. The van der Waals surface area contributed by atoms with Gasteiger partial charge < -0.3 is 14.6 Å². The Kier molecular flexibility index (Phi) is 53.4. The summed E-state index contributed by atoms with van der Waals surface area (Å²) in [5.41, 5.74) is 0. The third-order valence-corrected chi connectivity index (χ3v) is 11.9. The lowest BCUT2D eigenvalue weighted by molar-refractivity contribution is -0.161. The number of ether oxygens (including phenoxy) is 2. The normalized spacial score (nSPS) is 13.0. The van der Waals surface area contributed by atoms with Gasteiger partial charge in [0.05, 0.1) is 6.61 Å². The fraction of sp³-hybridized carbons (Fsp3) is 0.705. The Bertz CT molecular complexity index is 1270. The summed E-state index contributed by atoms with van der Waals surface area (Å²) in [6.45, 7) is 3.92. The van der Waals surface area contributed by atoms with E-state index in [-0.39, 0.29) is 25.2 Å². The quantitative estimate of drug-likeness (QED) is 0.0374. The topological polar surface area (TPSA) is 72.8 Å². The van der Waals surface area contributed by atoms with Crippen molar-refractivity contribution >= 4 is 11.9 Å². The van der Waals surface area contributed by atoms with E-state index in [2.05, 4.69) is 111 Å². The lowest BCUT2D eigenvalue weighted by atomic mass is 10.0. The maximum atomic E-state index is 12.3. The first-order chi connectivity index (χ1) is 32.6. The number of carbonyl (C=O) groups is 2. The van der Waals surface area contributed by atoms with E-state index in [0.29, 0.717) is 12.8 Å². The molecule has 1 atom stereocenters. The molecule has 0 spiro atoms. The highest BCUT2D eigenvalue weighted by Gasteiger charge is 2.16. The Morgan fingerprint density at radius 1 is 0.348 bits per heavy atom. The number of aliphatic hydroxyl groups is 1. The summed E-state index contributed by atoms with van der Waals surface area (Å²) in [4.78, 5) is 24.5. The zero-order valence-corrected chi connectivity index (χ0v) is 43.2. The standard InChI is InChI=1S/C61H104O5/c1-3-5-7-9-11-13-15-17-19-21-22-23-24-25-26-27-28-29-30-31-32-33-34-35-36-37-38-40-42-44-46-48-50-52-54-56-61(64)66-59(57-62)58-65-60(63)55-53-51-49-47-45-43-41-39-20-18-16-14-12-10-8-6-4-2/h5-8,11-14,17-20,22-23,25-26,59,62H,3-4,9-10,15-16,21,24,27-58H2,1-2H3/b7-5-,8-6-,13-11-,14-12-,19-17-,20-18-,23-22-,26-25-. The predicted octanol–water partition coefficient (Wildman–Crippen LogP) is 18.7. The van der Waals surface area contributed by atoms with Crippen LogP contribution in [-0.2, 0) is 19.1 Å². The first-order valence-electron chi connectivity index (χ1n) is 27.8. The summed E-state index contributed by atoms with van der Waals surface area (Å²) >= 11 is 0. The fourth-order valence-corrected chi connectivity index (χ4v) is 7.77. The summed E-state index contributed by atoms with van der Waals surface area (Å²) in [5.74, 6) is -0.598. The molecule has 0 aromatic carbocycles. The minimum absolute atomic E-state index is 0.0726. The Balaban J connectivity index is 3.46. The second-order valence-corrected chi connectivity index (χ2v) is 18.2. The van der Waals surface area contributed by atoms with Crippen molar-refractivity contribution in [2.24, 2.45) is 0 Å². The molecule has 0 rings (SSSR count). The van der Waals surface area contributed by atoms with E-state index in [4.69, 9.17) is 9.47 Å². The molecule has 5 nitrogen and oxygen atoms in total. The molecule has 66 heavy (non-hydrogen) atoms. The van der Waals surface area contributed by atoms with Crippen LogP contribution in [0.1, 0.15) is 258 Å². The molecule has 0 saturated carbocycles. The van der Waals surface area contributed by atoms with Crippen molar-refractivity contribution in [1.82, 2.24) is 0 Å². The minimum Gasteiger partial charge on any atom is -0.462 e. The van der Waals surface area contributed by atoms with E-state index in [1.807, 2.05) is 0 Å². The minimum atomic E-state index is -0.780. The van der Waals surface area contributed by atoms with Crippen molar-refractivity contribution in [1.29, 1.82) is 0 Å². The lowest BCUT2D eigenvalue weighted by Crippen LogP contribution is -2.28. The van der Waals surface area contributed by atoms with E-state index in [9.17, 15) is 14.7 Å². The van der Waals surface area contributed by atoms with Crippen LogP contribution in [0.4, 0.5) is 0 Å². The number of carbonyl (C=O) groups excluding carboxylic acids is 2. The number of allylic oxidation sites excluding steroid dienone is 16. The van der Waals surface area contributed by atoms with Gasteiger partial charge in [0, 0.05) is 12.8 Å². The van der Waals surface area contributed by atoms with Gasteiger partial charge in [-0.3, -0.25) is 9.59 Å². The molecule has 0 bridgehead atoms. The first-order valence-corrected chi connectivity index (χ1v) is 27.8. The molecule has 0 aliphatic heterocycles. The van der Waals surface area contributed by atoms with Crippen LogP contribution < -0.4 is 0 Å². The first kappa shape index (κ1) is 62.8. The van der Waals surface area contributed by atoms with Crippen LogP contribution in [0.15, 0.2) is 97.2 Å². The highest BCUT2D eigenvalue weighted by molar-refractivity contribution is 5.70. The SMILES string of the molecule is CC/C=C\C/C=C\C/C=C\C/C=C\C/C=C\CCCCCCCCCCCCCCCCCCCCCC(=O)OC(CO)COC(=O)CCCCCCCCC/C=C\C/C=C\C/C=C\CC. The van der Waals surface area contributed by atoms with Gasteiger partial charge in [-0.2, -0.15) is 0 Å². The Hall–Kier alpha value is -3.18. The van der Waals surface area contributed by atoms with Gasteiger partial charge in [0.2, 0.25) is 0 Å². The molecule has 0 aromatic heterocycles. The maximum Gasteiger partial charge on any atom is 0.306 e.